The van der Waals surface area contributed by atoms with E-state index in [0.29, 0.717) is 0 Å². The Kier molecular flexibility index (Phi) is 4.35. The van der Waals surface area contributed by atoms with Gasteiger partial charge >= 0.3 is 0 Å². The number of carbonyl (C=O) groups is 1. The van der Waals surface area contributed by atoms with E-state index in [1.165, 1.54) is 10.6 Å². The Balaban J connectivity index is 1.96. The van der Waals surface area contributed by atoms with Crippen molar-refractivity contribution < 1.29 is 4.79 Å². The molecule has 2 rings (SSSR count). The van der Waals surface area contributed by atoms with Gasteiger partial charge in [0.1, 0.15) is 0 Å². The molecular weight excluding hydrogens is 264 g/mol. The van der Waals surface area contributed by atoms with Gasteiger partial charge in [0.25, 0.3) is 5.91 Å². The number of nitrogens with one attached hydrogen (secondary N) is 1. The Labute approximate surface area is 117 Å². The maximum absolute atomic E-state index is 12.1. The van der Waals surface area contributed by atoms with Crippen LogP contribution in [0, 0.1) is 6.92 Å². The molecule has 0 spiro atoms. The molecule has 100 valence electrons. The molecule has 0 bridgehead atoms. The van der Waals surface area contributed by atoms with E-state index in [1.807, 2.05) is 30.8 Å². The zero-order chi connectivity index (χ0) is 13.2. The van der Waals surface area contributed by atoms with Gasteiger partial charge in [-0.1, -0.05) is 0 Å². The topological polar surface area (TPSA) is 32.3 Å². The highest BCUT2D eigenvalue weighted by molar-refractivity contribution is 7.99. The molecule has 0 aromatic carbocycles. The van der Waals surface area contributed by atoms with Crippen molar-refractivity contribution in [2.45, 2.75) is 18.9 Å². The Bertz CT molecular complexity index is 422. The summed E-state index contributed by atoms with van der Waals surface area (Å²) in [4.78, 5) is 16.3. The number of hydrogen-bond donors (Lipinski definition) is 1. The van der Waals surface area contributed by atoms with Gasteiger partial charge in [-0.3, -0.25) is 4.79 Å². The second kappa shape index (κ2) is 5.63. The SMILES string of the molecule is Cc1ccc(C(=O)NC[C@@]2(N(C)C)CCSC2)s1. The lowest BCUT2D eigenvalue weighted by Crippen LogP contribution is -2.52. The number of thiophene rings is 1. The lowest BCUT2D eigenvalue weighted by Gasteiger charge is -2.35. The van der Waals surface area contributed by atoms with Crippen LogP contribution in [-0.2, 0) is 0 Å². The number of rotatable bonds is 4. The van der Waals surface area contributed by atoms with E-state index in [2.05, 4.69) is 24.3 Å². The monoisotopic (exact) mass is 284 g/mol. The molecule has 1 atom stereocenters. The summed E-state index contributed by atoms with van der Waals surface area (Å²) in [6.07, 6.45) is 1.15. The highest BCUT2D eigenvalue weighted by atomic mass is 32.2. The molecule has 0 radical (unpaired) electrons. The lowest BCUT2D eigenvalue weighted by atomic mass is 9.97. The molecule has 1 fully saturated rings. The van der Waals surface area contributed by atoms with Crippen LogP contribution >= 0.6 is 23.1 Å². The third kappa shape index (κ3) is 2.90. The third-order valence-corrected chi connectivity index (χ3v) is 5.81. The number of aryl methyl sites for hydroxylation is 1. The van der Waals surface area contributed by atoms with Crippen molar-refractivity contribution in [2.75, 3.05) is 32.1 Å². The molecule has 1 N–H and O–H groups in total. The number of nitrogens with zero attached hydrogens (tertiary/aromatic N) is 1. The Morgan fingerprint density at radius 2 is 2.28 bits per heavy atom. The Morgan fingerprint density at radius 1 is 1.50 bits per heavy atom. The molecule has 3 nitrogen and oxygen atoms in total. The van der Waals surface area contributed by atoms with Crippen molar-refractivity contribution in [3.63, 3.8) is 0 Å². The van der Waals surface area contributed by atoms with Crippen molar-refractivity contribution >= 4 is 29.0 Å². The molecule has 1 aromatic heterocycles. The van der Waals surface area contributed by atoms with Crippen LogP contribution in [0.3, 0.4) is 0 Å². The molecule has 0 unspecified atom stereocenters. The standard InChI is InChI=1S/C13H20N2OS2/c1-10-4-5-11(18-10)12(16)14-8-13(15(2)3)6-7-17-9-13/h4-5H,6-9H2,1-3H3,(H,14,16)/t13-/m0/s1. The van der Waals surface area contributed by atoms with Crippen LogP contribution in [0.25, 0.3) is 0 Å². The van der Waals surface area contributed by atoms with Crippen LogP contribution in [0.4, 0.5) is 0 Å². The van der Waals surface area contributed by atoms with E-state index in [-0.39, 0.29) is 11.4 Å². The van der Waals surface area contributed by atoms with Gasteiger partial charge in [0.15, 0.2) is 0 Å². The van der Waals surface area contributed by atoms with Crippen molar-refractivity contribution in [1.82, 2.24) is 10.2 Å². The number of hydrogen-bond acceptors (Lipinski definition) is 4. The van der Waals surface area contributed by atoms with E-state index in [9.17, 15) is 4.79 Å². The summed E-state index contributed by atoms with van der Waals surface area (Å²) in [5.74, 6) is 2.35. The first-order valence-corrected chi connectivity index (χ1v) is 8.10. The molecule has 0 saturated carbocycles. The summed E-state index contributed by atoms with van der Waals surface area (Å²) in [7, 11) is 4.21. The summed E-state index contributed by atoms with van der Waals surface area (Å²) in [5, 5.41) is 3.09. The molecule has 2 heterocycles. The first kappa shape index (κ1) is 13.9. The van der Waals surface area contributed by atoms with Crippen molar-refractivity contribution in [3.05, 3.63) is 21.9 Å². The molecule has 1 saturated heterocycles. The molecule has 0 aliphatic carbocycles. The molecule has 1 aromatic rings. The average Bonchev–Trinajstić information content (AvgIpc) is 2.95. The smallest absolute Gasteiger partial charge is 0.261 e. The van der Waals surface area contributed by atoms with Gasteiger partial charge in [0, 0.05) is 22.7 Å². The Hall–Kier alpha value is -0.520. The van der Waals surface area contributed by atoms with Crippen molar-refractivity contribution in [1.29, 1.82) is 0 Å². The fourth-order valence-corrected chi connectivity index (χ4v) is 4.47. The largest absolute Gasteiger partial charge is 0.349 e. The summed E-state index contributed by atoms with van der Waals surface area (Å²) in [6, 6.07) is 3.90. The maximum Gasteiger partial charge on any atom is 0.261 e. The number of amides is 1. The fourth-order valence-electron chi connectivity index (χ4n) is 2.14. The van der Waals surface area contributed by atoms with Gasteiger partial charge in [-0.25, -0.2) is 0 Å². The second-order valence-electron chi connectivity index (χ2n) is 5.01. The summed E-state index contributed by atoms with van der Waals surface area (Å²) in [5.41, 5.74) is 0.132. The van der Waals surface area contributed by atoms with Gasteiger partial charge in [-0.05, 0) is 45.3 Å². The number of likely N-dealkylation sites (N-methyl/N-ethyl adjacent to an activating group) is 1. The summed E-state index contributed by atoms with van der Waals surface area (Å²) < 4.78 is 0. The number of thioether (sulfide) groups is 1. The first-order valence-electron chi connectivity index (χ1n) is 6.13. The van der Waals surface area contributed by atoms with Gasteiger partial charge in [0.05, 0.1) is 4.88 Å². The predicted molar refractivity (Wildman–Crippen MR) is 79.7 cm³/mol. The molecule has 1 amide bonds. The van der Waals surface area contributed by atoms with Gasteiger partial charge in [-0.2, -0.15) is 11.8 Å². The number of carbonyl (C=O) groups excluding carboxylic acids is 1. The minimum atomic E-state index is 0.0613. The van der Waals surface area contributed by atoms with Gasteiger partial charge < -0.3 is 10.2 Å². The van der Waals surface area contributed by atoms with Crippen LogP contribution in [0.1, 0.15) is 21.0 Å². The normalized spacial score (nSPS) is 23.6. The zero-order valence-corrected chi connectivity index (χ0v) is 12.8. The van der Waals surface area contributed by atoms with Crippen LogP contribution in [0.2, 0.25) is 0 Å². The average molecular weight is 284 g/mol. The van der Waals surface area contributed by atoms with Crippen LogP contribution < -0.4 is 5.32 Å². The minimum absolute atomic E-state index is 0.0613. The highest BCUT2D eigenvalue weighted by Gasteiger charge is 2.36. The third-order valence-electron chi connectivity index (χ3n) is 3.57. The van der Waals surface area contributed by atoms with Gasteiger partial charge in [-0.15, -0.1) is 11.3 Å². The predicted octanol–water partition coefficient (Wildman–Crippen LogP) is 2.22. The zero-order valence-electron chi connectivity index (χ0n) is 11.2. The quantitative estimate of drug-likeness (QED) is 0.920. The van der Waals surface area contributed by atoms with Crippen LogP contribution in [0.15, 0.2) is 12.1 Å². The van der Waals surface area contributed by atoms with E-state index in [0.717, 1.165) is 23.6 Å². The second-order valence-corrected chi connectivity index (χ2v) is 7.41. The van der Waals surface area contributed by atoms with E-state index in [4.69, 9.17) is 0 Å². The lowest BCUT2D eigenvalue weighted by molar-refractivity contribution is 0.0918. The van der Waals surface area contributed by atoms with Crippen LogP contribution in [0.5, 0.6) is 0 Å². The summed E-state index contributed by atoms with van der Waals surface area (Å²) in [6.45, 7) is 2.76. The van der Waals surface area contributed by atoms with E-state index in [1.54, 1.807) is 11.3 Å². The fraction of sp³-hybridized carbons (Fsp3) is 0.615. The highest BCUT2D eigenvalue weighted by Crippen LogP contribution is 2.31. The van der Waals surface area contributed by atoms with Gasteiger partial charge in [0.2, 0.25) is 0 Å². The molecule has 18 heavy (non-hydrogen) atoms. The minimum Gasteiger partial charge on any atom is -0.349 e. The van der Waals surface area contributed by atoms with Crippen molar-refractivity contribution in [2.24, 2.45) is 0 Å². The molecule has 1 aliphatic rings. The first-order chi connectivity index (χ1) is 8.53. The maximum atomic E-state index is 12.1. The van der Waals surface area contributed by atoms with E-state index >= 15 is 0 Å². The molecule has 1 aliphatic heterocycles. The Morgan fingerprint density at radius 3 is 2.78 bits per heavy atom. The summed E-state index contributed by atoms with van der Waals surface area (Å²) >= 11 is 3.53. The molecular formula is C13H20N2OS2. The van der Waals surface area contributed by atoms with E-state index < -0.39 is 0 Å². The van der Waals surface area contributed by atoms with Crippen LogP contribution in [-0.4, -0.2) is 48.5 Å². The molecule has 5 heteroatoms. The van der Waals surface area contributed by atoms with Crippen molar-refractivity contribution in [3.8, 4) is 0 Å².